The number of benzene rings is 6. The van der Waals surface area contributed by atoms with Gasteiger partial charge >= 0.3 is 5.97 Å². The van der Waals surface area contributed by atoms with Gasteiger partial charge in [-0.15, -0.1) is 103 Å². The van der Waals surface area contributed by atoms with Gasteiger partial charge in [-0.3, -0.25) is 15.0 Å². The predicted molar refractivity (Wildman–Crippen MR) is 393 cm³/mol. The monoisotopic (exact) mass is 1840 g/mol. The summed E-state index contributed by atoms with van der Waals surface area (Å²) in [5, 5.41) is 47.6. The molecule has 0 saturated carbocycles. The second-order valence-corrected chi connectivity index (χ2v) is 26.2. The molecular weight excluding hydrogens is 1740 g/mol. The van der Waals surface area contributed by atoms with Crippen molar-refractivity contribution >= 4 is 38.7 Å². The fourth-order valence-electron chi connectivity index (χ4n) is 10.3. The zero-order valence-electron chi connectivity index (χ0n) is 60.5. The number of nitrogens with zero attached hydrogens (tertiary/aromatic N) is 4. The summed E-state index contributed by atoms with van der Waals surface area (Å²) < 4.78 is 0. The summed E-state index contributed by atoms with van der Waals surface area (Å²) >= 11 is 0. The predicted octanol–water partition coefficient (Wildman–Crippen LogP) is 21.0. The Labute approximate surface area is 619 Å². The molecule has 4 heterocycles. The number of hydrogen-bond acceptors (Lipinski definition) is 9. The molecule has 523 valence electrons. The van der Waals surface area contributed by atoms with Crippen LogP contribution in [0.15, 0.2) is 157 Å². The molecule has 0 aliphatic carbocycles. The van der Waals surface area contributed by atoms with Crippen molar-refractivity contribution in [1.82, 2.24) is 19.9 Å². The van der Waals surface area contributed by atoms with Crippen molar-refractivity contribution in [3.05, 3.63) is 248 Å². The number of fused-ring (bicyclic) bond motifs is 3. The fourth-order valence-corrected chi connectivity index (χ4v) is 10.3. The number of aromatic nitrogens is 4. The molecule has 97 heavy (non-hydrogen) atoms. The Morgan fingerprint density at radius 2 is 0.856 bits per heavy atom. The number of allylic oxidation sites excluding steroid dienone is 2. The molecule has 2 unspecified atom stereocenters. The van der Waals surface area contributed by atoms with Crippen LogP contribution in [0.5, 0.6) is 0 Å². The molecule has 13 heteroatoms. The van der Waals surface area contributed by atoms with Gasteiger partial charge in [0, 0.05) is 88.6 Å². The van der Waals surface area contributed by atoms with Crippen LogP contribution in [0.4, 0.5) is 0 Å². The molecule has 0 aliphatic rings. The molecule has 0 fully saturated rings. The average molecular weight is 1840 g/mol. The van der Waals surface area contributed by atoms with Crippen molar-refractivity contribution < 1.29 is 90.6 Å². The molecule has 0 bridgehead atoms. The number of hydrogen-bond donors (Lipinski definition) is 5. The number of carboxylic acid groups (broad SMARTS) is 1. The Balaban J connectivity index is 0.000000413. The molecule has 2 atom stereocenters. The number of pyridine rings is 4. The number of carboxylic acids is 1. The van der Waals surface area contributed by atoms with Crippen LogP contribution in [0.3, 0.4) is 0 Å². The van der Waals surface area contributed by atoms with E-state index in [-0.39, 0.29) is 89.4 Å². The number of aromatic carboxylic acids is 1. The quantitative estimate of drug-likeness (QED) is 0.0586. The van der Waals surface area contributed by atoms with E-state index in [4.69, 9.17) is 30.3 Å². The topological polar surface area (TPSA) is 170 Å². The molecule has 10 nitrogen and oxygen atoms in total. The van der Waals surface area contributed by atoms with Gasteiger partial charge in [-0.1, -0.05) is 210 Å². The van der Waals surface area contributed by atoms with Crippen LogP contribution in [-0.2, 0) is 66.7 Å². The van der Waals surface area contributed by atoms with Crippen molar-refractivity contribution in [2.45, 2.75) is 176 Å². The van der Waals surface area contributed by atoms with E-state index >= 15 is 0 Å². The Bertz CT molecular complexity index is 4020. The van der Waals surface area contributed by atoms with Crippen molar-refractivity contribution in [2.75, 3.05) is 0 Å². The van der Waals surface area contributed by atoms with Gasteiger partial charge in [0.05, 0.1) is 40.3 Å². The number of aliphatic hydroxyl groups excluding tert-OH is 4. The zero-order chi connectivity index (χ0) is 69.8. The first-order valence-corrected chi connectivity index (χ1v) is 32.8. The zero-order valence-corrected chi connectivity index (χ0v) is 67.7. The van der Waals surface area contributed by atoms with Crippen LogP contribution in [0.2, 0.25) is 0 Å². The minimum Gasteiger partial charge on any atom is -0.513 e. The molecule has 6 aromatic carbocycles. The molecular formula is C84H101Ir3N4O6-3. The smallest absolute Gasteiger partial charge is 0.354 e. The molecule has 3 radical (unpaired) electrons. The molecule has 0 spiro atoms. The molecule has 10 aromatic rings. The minimum absolute atomic E-state index is 0. The maximum Gasteiger partial charge on any atom is 0.354 e. The van der Waals surface area contributed by atoms with Crippen LogP contribution >= 0.6 is 0 Å². The van der Waals surface area contributed by atoms with E-state index in [1.807, 2.05) is 27.7 Å². The van der Waals surface area contributed by atoms with Crippen LogP contribution in [0, 0.1) is 98.3 Å². The first-order valence-electron chi connectivity index (χ1n) is 32.8. The van der Waals surface area contributed by atoms with Crippen LogP contribution in [0.1, 0.15) is 172 Å². The third-order valence-electron chi connectivity index (χ3n) is 16.5. The standard InChI is InChI=1S/C22H24N.2C21H22N.C9H18O2.C6H5NO2.C5H10O2.3Ir/c1-14(2)11-18-7-6-8-22-20(18)9-10-21(23-22)19-12-15(3)17(5)16(4)13-19;2*1-13(2)18-7-6-8-21-19(18)9-10-20(22-21)17-11-14(3)16(5)15(4)12-17;1-6(2)8(10)5-9(11)7(3)4;8-6(9)5-3-1-2-4-7-5;1-4(6)3-5(2)7;;;/h6-10,12,14H,11H2,1-5H3;2*6-11,13H,1-5H3;5-8,10-11H,1-4H3;1-4H,(H,8,9);3-4,6-7H,1-2H3;;;/q3*-1;;;;;;. The Hall–Kier alpha value is -6.88. The first kappa shape index (κ1) is 86.2. The third kappa shape index (κ3) is 25.7. The second kappa shape index (κ2) is 40.9. The Morgan fingerprint density at radius 1 is 0.474 bits per heavy atom. The summed E-state index contributed by atoms with van der Waals surface area (Å²) in [6, 6.07) is 53.9. The van der Waals surface area contributed by atoms with Crippen molar-refractivity contribution in [3.8, 4) is 33.8 Å². The summed E-state index contributed by atoms with van der Waals surface area (Å²) in [6.45, 7) is 43.4. The maximum atomic E-state index is 10.1. The summed E-state index contributed by atoms with van der Waals surface area (Å²) in [5.41, 5.74) is 25.1. The van der Waals surface area contributed by atoms with Crippen molar-refractivity contribution in [1.29, 1.82) is 0 Å². The van der Waals surface area contributed by atoms with Gasteiger partial charge in [0.25, 0.3) is 0 Å². The van der Waals surface area contributed by atoms with Crippen molar-refractivity contribution in [2.24, 2.45) is 17.8 Å². The van der Waals surface area contributed by atoms with Gasteiger partial charge in [-0.25, -0.2) is 9.78 Å². The van der Waals surface area contributed by atoms with Gasteiger partial charge < -0.3 is 25.5 Å². The first-order chi connectivity index (χ1) is 44.3. The number of rotatable bonds is 12. The molecule has 5 N–H and O–H groups in total. The van der Waals surface area contributed by atoms with Crippen LogP contribution < -0.4 is 0 Å². The summed E-state index contributed by atoms with van der Waals surface area (Å²) in [4.78, 5) is 28.3. The second-order valence-electron chi connectivity index (χ2n) is 26.2. The van der Waals surface area contributed by atoms with Crippen molar-refractivity contribution in [3.63, 3.8) is 0 Å². The van der Waals surface area contributed by atoms with E-state index in [0.29, 0.717) is 17.8 Å². The van der Waals surface area contributed by atoms with Gasteiger partial charge in [0.15, 0.2) is 0 Å². The van der Waals surface area contributed by atoms with Gasteiger partial charge in [-0.05, 0) is 120 Å². The Morgan fingerprint density at radius 3 is 1.14 bits per heavy atom. The average Bonchev–Trinajstić information content (AvgIpc) is 0.807. The minimum atomic E-state index is -0.990. The summed E-state index contributed by atoms with van der Waals surface area (Å²) in [5.74, 6) is 1.37. The Kier molecular flexibility index (Phi) is 36.3. The molecule has 10 rings (SSSR count). The van der Waals surface area contributed by atoms with E-state index < -0.39 is 18.2 Å². The molecule has 0 amide bonds. The number of aliphatic hydroxyl groups is 4. The van der Waals surface area contributed by atoms with E-state index in [2.05, 4.69) is 236 Å². The van der Waals surface area contributed by atoms with Gasteiger partial charge in [0.2, 0.25) is 0 Å². The normalized spacial score (nSPS) is 11.7. The maximum absolute atomic E-state index is 10.1. The van der Waals surface area contributed by atoms with E-state index in [1.165, 1.54) is 114 Å². The van der Waals surface area contributed by atoms with E-state index in [9.17, 15) is 15.0 Å². The van der Waals surface area contributed by atoms with Crippen LogP contribution in [-0.4, -0.2) is 63.6 Å². The molecule has 4 aromatic heterocycles. The van der Waals surface area contributed by atoms with E-state index in [1.54, 1.807) is 19.1 Å². The fraction of sp³-hybridized carbons (Fsp3) is 0.345. The third-order valence-corrected chi connectivity index (χ3v) is 16.5. The van der Waals surface area contributed by atoms with Gasteiger partial charge in [0.1, 0.15) is 5.69 Å². The summed E-state index contributed by atoms with van der Waals surface area (Å²) in [7, 11) is 0. The van der Waals surface area contributed by atoms with Crippen LogP contribution in [0.25, 0.3) is 66.5 Å². The molecule has 0 aliphatic heterocycles. The number of aryl methyl sites for hydroxylation is 6. The SMILES string of the molecule is CC(C)C(O)=CC(O)C(C)C.CC(O)=CC(C)O.Cc1[c-]c(-c2ccc3c(C(C)C)cccc3n2)cc(C)c1C.Cc1[c-]c(-c2ccc3c(C(C)C)cccc3n2)cc(C)c1C.Cc1[c-]c(-c2ccc3c(CC(C)C)cccc3n2)cc(C)c1C.O=C(O)c1ccccn1.[Ir].[Ir].[Ir]. The van der Waals surface area contributed by atoms with Gasteiger partial charge in [-0.2, -0.15) is 0 Å². The summed E-state index contributed by atoms with van der Waals surface area (Å²) in [6.07, 6.45) is 4.34. The number of carbonyl (C=O) groups is 1. The molecule has 0 saturated heterocycles. The largest absolute Gasteiger partial charge is 0.513 e. The van der Waals surface area contributed by atoms with E-state index in [0.717, 1.165) is 56.7 Å².